The predicted molar refractivity (Wildman–Crippen MR) is 101 cm³/mol. The first-order valence-corrected chi connectivity index (χ1v) is 9.18. The molecule has 1 aromatic carbocycles. The number of hydrogen-bond donors (Lipinski definition) is 1. The zero-order valence-electron chi connectivity index (χ0n) is 14.0. The second kappa shape index (κ2) is 8.02. The van der Waals surface area contributed by atoms with Gasteiger partial charge in [-0.05, 0) is 43.9 Å². The Kier molecular flexibility index (Phi) is 5.76. The predicted octanol–water partition coefficient (Wildman–Crippen LogP) is 4.93. The van der Waals surface area contributed by atoms with E-state index in [0.29, 0.717) is 33.3 Å². The van der Waals surface area contributed by atoms with Gasteiger partial charge in [-0.2, -0.15) is 0 Å². The van der Waals surface area contributed by atoms with Crippen LogP contribution in [0.25, 0.3) is 0 Å². The molecule has 1 fully saturated rings. The van der Waals surface area contributed by atoms with Gasteiger partial charge in [-0.3, -0.25) is 4.79 Å². The van der Waals surface area contributed by atoms with Gasteiger partial charge < -0.3 is 10.2 Å². The van der Waals surface area contributed by atoms with Gasteiger partial charge in [0.1, 0.15) is 0 Å². The van der Waals surface area contributed by atoms with Gasteiger partial charge in [0.25, 0.3) is 5.91 Å². The number of benzene rings is 1. The van der Waals surface area contributed by atoms with Crippen LogP contribution in [0.1, 0.15) is 43.0 Å². The fourth-order valence-corrected chi connectivity index (χ4v) is 3.64. The molecule has 25 heavy (non-hydrogen) atoms. The van der Waals surface area contributed by atoms with Gasteiger partial charge in [-0.25, -0.2) is 9.97 Å². The number of likely N-dealkylation sites (tertiary alicyclic amines) is 1. The van der Waals surface area contributed by atoms with Gasteiger partial charge in [0.15, 0.2) is 0 Å². The number of nitrogens with zero attached hydrogens (tertiary/aromatic N) is 3. The van der Waals surface area contributed by atoms with Gasteiger partial charge >= 0.3 is 0 Å². The van der Waals surface area contributed by atoms with E-state index in [9.17, 15) is 4.79 Å². The molecule has 2 heterocycles. The number of halogens is 2. The SMILES string of the molecule is CCC1CCCCN1C(=O)c1cnc(Nc2cc(Cl)cc(Cl)c2)nc1. The number of nitrogens with one attached hydrogen (secondary N) is 1. The Bertz CT molecular complexity index is 731. The number of aromatic nitrogens is 2. The Morgan fingerprint density at radius 1 is 1.20 bits per heavy atom. The third-order valence-electron chi connectivity index (χ3n) is 4.38. The molecule has 1 atom stereocenters. The average molecular weight is 379 g/mol. The van der Waals surface area contributed by atoms with Crippen molar-refractivity contribution in [1.29, 1.82) is 0 Å². The summed E-state index contributed by atoms with van der Waals surface area (Å²) < 4.78 is 0. The molecule has 1 aliphatic rings. The van der Waals surface area contributed by atoms with Crippen LogP contribution < -0.4 is 5.32 Å². The lowest BCUT2D eigenvalue weighted by Crippen LogP contribution is -2.43. The zero-order chi connectivity index (χ0) is 17.8. The Labute approximate surface area is 157 Å². The van der Waals surface area contributed by atoms with Crippen LogP contribution >= 0.6 is 23.2 Å². The molecular formula is C18H20Cl2N4O. The maximum Gasteiger partial charge on any atom is 0.257 e. The third kappa shape index (κ3) is 4.41. The van der Waals surface area contributed by atoms with E-state index in [-0.39, 0.29) is 5.91 Å². The van der Waals surface area contributed by atoms with Crippen molar-refractivity contribution in [2.45, 2.75) is 38.6 Å². The highest BCUT2D eigenvalue weighted by molar-refractivity contribution is 6.35. The van der Waals surface area contributed by atoms with Crippen molar-refractivity contribution >= 4 is 40.7 Å². The van der Waals surface area contributed by atoms with Crippen LogP contribution in [0, 0.1) is 0 Å². The lowest BCUT2D eigenvalue weighted by atomic mass is 9.99. The summed E-state index contributed by atoms with van der Waals surface area (Å²) in [7, 11) is 0. The minimum absolute atomic E-state index is 0.00361. The molecule has 3 rings (SSSR count). The molecule has 1 N–H and O–H groups in total. The van der Waals surface area contributed by atoms with Crippen LogP contribution in [0.15, 0.2) is 30.6 Å². The highest BCUT2D eigenvalue weighted by atomic mass is 35.5. The molecule has 5 nitrogen and oxygen atoms in total. The number of carbonyl (C=O) groups excluding carboxylic acids is 1. The first kappa shape index (κ1) is 18.0. The Morgan fingerprint density at radius 2 is 1.88 bits per heavy atom. The van der Waals surface area contributed by atoms with Crippen LogP contribution in [0.2, 0.25) is 10.0 Å². The van der Waals surface area contributed by atoms with Crippen LogP contribution in [-0.2, 0) is 0 Å². The van der Waals surface area contributed by atoms with Crippen LogP contribution in [0.5, 0.6) is 0 Å². The number of hydrogen-bond acceptors (Lipinski definition) is 4. The van der Waals surface area contributed by atoms with E-state index in [1.54, 1.807) is 30.6 Å². The number of amides is 1. The van der Waals surface area contributed by atoms with Gasteiger partial charge in [-0.15, -0.1) is 0 Å². The summed E-state index contributed by atoms with van der Waals surface area (Å²) in [5.74, 6) is 0.393. The number of rotatable bonds is 4. The highest BCUT2D eigenvalue weighted by Gasteiger charge is 2.26. The molecule has 0 saturated carbocycles. The van der Waals surface area contributed by atoms with E-state index in [2.05, 4.69) is 22.2 Å². The maximum atomic E-state index is 12.7. The van der Waals surface area contributed by atoms with Crippen molar-refractivity contribution in [3.8, 4) is 0 Å². The fourth-order valence-electron chi connectivity index (χ4n) is 3.12. The lowest BCUT2D eigenvalue weighted by molar-refractivity contribution is 0.0607. The summed E-state index contributed by atoms with van der Waals surface area (Å²) in [4.78, 5) is 23.2. The lowest BCUT2D eigenvalue weighted by Gasteiger charge is -2.35. The monoisotopic (exact) mass is 378 g/mol. The van der Waals surface area contributed by atoms with Gasteiger partial charge in [-0.1, -0.05) is 30.1 Å². The summed E-state index contributed by atoms with van der Waals surface area (Å²) in [6, 6.07) is 5.43. The summed E-state index contributed by atoms with van der Waals surface area (Å²) in [6.07, 6.45) is 7.40. The Balaban J connectivity index is 1.72. The molecule has 0 spiro atoms. The second-order valence-electron chi connectivity index (χ2n) is 6.13. The molecular weight excluding hydrogens is 359 g/mol. The Morgan fingerprint density at radius 3 is 2.52 bits per heavy atom. The number of anilines is 2. The fraction of sp³-hybridized carbons (Fsp3) is 0.389. The molecule has 132 valence electrons. The molecule has 1 amide bonds. The first-order chi connectivity index (χ1) is 12.1. The molecule has 1 aromatic heterocycles. The van der Waals surface area contributed by atoms with E-state index >= 15 is 0 Å². The number of carbonyl (C=O) groups is 1. The second-order valence-corrected chi connectivity index (χ2v) is 7.01. The van der Waals surface area contributed by atoms with Crippen molar-refractivity contribution in [2.75, 3.05) is 11.9 Å². The average Bonchev–Trinajstić information content (AvgIpc) is 2.61. The van der Waals surface area contributed by atoms with Crippen LogP contribution in [-0.4, -0.2) is 33.4 Å². The van der Waals surface area contributed by atoms with Gasteiger partial charge in [0.05, 0.1) is 5.56 Å². The largest absolute Gasteiger partial charge is 0.336 e. The smallest absolute Gasteiger partial charge is 0.257 e. The van der Waals surface area contributed by atoms with Crippen molar-refractivity contribution in [2.24, 2.45) is 0 Å². The first-order valence-electron chi connectivity index (χ1n) is 8.43. The molecule has 0 bridgehead atoms. The van der Waals surface area contributed by atoms with Crippen molar-refractivity contribution in [3.63, 3.8) is 0 Å². The minimum Gasteiger partial charge on any atom is -0.336 e. The third-order valence-corrected chi connectivity index (χ3v) is 4.81. The summed E-state index contributed by atoms with van der Waals surface area (Å²) >= 11 is 12.0. The molecule has 0 aliphatic carbocycles. The topological polar surface area (TPSA) is 58.1 Å². The molecule has 1 saturated heterocycles. The van der Waals surface area contributed by atoms with Gasteiger partial charge in [0, 0.05) is 40.7 Å². The van der Waals surface area contributed by atoms with E-state index in [1.807, 2.05) is 4.90 Å². The van der Waals surface area contributed by atoms with Crippen molar-refractivity contribution < 1.29 is 4.79 Å². The van der Waals surface area contributed by atoms with E-state index < -0.39 is 0 Å². The van der Waals surface area contributed by atoms with Crippen LogP contribution in [0.3, 0.4) is 0 Å². The standard InChI is InChI=1S/C18H20Cl2N4O/c1-2-16-5-3-4-6-24(16)17(25)12-10-21-18(22-11-12)23-15-8-13(19)7-14(20)9-15/h7-11,16H,2-6H2,1H3,(H,21,22,23). The summed E-state index contributed by atoms with van der Waals surface area (Å²) in [5.41, 5.74) is 1.20. The molecule has 7 heteroatoms. The molecule has 1 aliphatic heterocycles. The minimum atomic E-state index is 0.00361. The highest BCUT2D eigenvalue weighted by Crippen LogP contribution is 2.25. The van der Waals surface area contributed by atoms with Crippen molar-refractivity contribution in [3.05, 3.63) is 46.2 Å². The molecule has 1 unspecified atom stereocenters. The summed E-state index contributed by atoms with van der Waals surface area (Å²) in [5, 5.41) is 4.09. The quantitative estimate of drug-likeness (QED) is 0.818. The van der Waals surface area contributed by atoms with E-state index in [4.69, 9.17) is 23.2 Å². The maximum absolute atomic E-state index is 12.7. The van der Waals surface area contributed by atoms with E-state index in [1.165, 1.54) is 6.42 Å². The van der Waals surface area contributed by atoms with E-state index in [0.717, 1.165) is 25.8 Å². The molecule has 2 aromatic rings. The summed E-state index contributed by atoms with van der Waals surface area (Å²) in [6.45, 7) is 2.92. The normalized spacial score (nSPS) is 17.4. The number of piperidine rings is 1. The van der Waals surface area contributed by atoms with Crippen molar-refractivity contribution in [1.82, 2.24) is 14.9 Å². The van der Waals surface area contributed by atoms with Crippen LogP contribution in [0.4, 0.5) is 11.6 Å². The molecule has 0 radical (unpaired) electrons. The Hall–Kier alpha value is -1.85. The van der Waals surface area contributed by atoms with Gasteiger partial charge in [0.2, 0.25) is 5.95 Å². The zero-order valence-corrected chi connectivity index (χ0v) is 15.5.